The molecule has 3 aromatic rings. The van der Waals surface area contributed by atoms with Crippen LogP contribution in [-0.4, -0.2) is 22.7 Å². The van der Waals surface area contributed by atoms with Gasteiger partial charge in [0.15, 0.2) is 0 Å². The number of halogens is 1. The van der Waals surface area contributed by atoms with Crippen LogP contribution >= 0.6 is 15.9 Å². The van der Waals surface area contributed by atoms with Crippen LogP contribution in [-0.2, 0) is 6.54 Å². The third kappa shape index (κ3) is 3.66. The summed E-state index contributed by atoms with van der Waals surface area (Å²) >= 11 is 3.49. The Morgan fingerprint density at radius 3 is 2.56 bits per heavy atom. The van der Waals surface area contributed by atoms with Gasteiger partial charge in [-0.05, 0) is 43.2 Å². The normalized spacial score (nSPS) is 10.7. The number of aromatic nitrogens is 2. The van der Waals surface area contributed by atoms with Gasteiger partial charge in [0.25, 0.3) is 5.91 Å². The van der Waals surface area contributed by atoms with Gasteiger partial charge in [-0.15, -0.1) is 0 Å². The molecule has 0 spiro atoms. The first-order valence-corrected chi connectivity index (χ1v) is 8.87. The Hall–Kier alpha value is -2.40. The van der Waals surface area contributed by atoms with Gasteiger partial charge in [0.1, 0.15) is 0 Å². The highest BCUT2D eigenvalue weighted by molar-refractivity contribution is 9.10. The minimum Gasteiger partial charge on any atom is -0.311 e. The summed E-state index contributed by atoms with van der Waals surface area (Å²) in [6.45, 7) is 4.60. The first-order valence-electron chi connectivity index (χ1n) is 8.08. The summed E-state index contributed by atoms with van der Waals surface area (Å²) < 4.78 is 2.90. The molecule has 128 valence electrons. The first kappa shape index (κ1) is 17.4. The van der Waals surface area contributed by atoms with Gasteiger partial charge in [-0.3, -0.25) is 9.48 Å². The van der Waals surface area contributed by atoms with Crippen LogP contribution in [0.5, 0.6) is 0 Å². The van der Waals surface area contributed by atoms with E-state index in [1.807, 2.05) is 54.9 Å². The Labute approximate surface area is 156 Å². The van der Waals surface area contributed by atoms with Gasteiger partial charge in [-0.1, -0.05) is 46.3 Å². The van der Waals surface area contributed by atoms with Crippen molar-refractivity contribution in [2.75, 3.05) is 11.9 Å². The van der Waals surface area contributed by atoms with E-state index in [1.165, 1.54) is 0 Å². The molecule has 0 aliphatic rings. The van der Waals surface area contributed by atoms with Crippen molar-refractivity contribution in [3.63, 3.8) is 0 Å². The van der Waals surface area contributed by atoms with Crippen molar-refractivity contribution in [1.82, 2.24) is 9.78 Å². The van der Waals surface area contributed by atoms with Crippen molar-refractivity contribution in [2.24, 2.45) is 0 Å². The van der Waals surface area contributed by atoms with E-state index < -0.39 is 0 Å². The number of carbonyl (C=O) groups excluding carboxylic acids is 1. The third-order valence-corrected chi connectivity index (χ3v) is 5.23. The summed E-state index contributed by atoms with van der Waals surface area (Å²) in [4.78, 5) is 14.6. The van der Waals surface area contributed by atoms with Gasteiger partial charge in [-0.2, -0.15) is 5.10 Å². The molecule has 0 aliphatic carbocycles. The van der Waals surface area contributed by atoms with Crippen LogP contribution < -0.4 is 4.90 Å². The van der Waals surface area contributed by atoms with Crippen molar-refractivity contribution in [3.05, 3.63) is 81.6 Å². The van der Waals surface area contributed by atoms with Crippen molar-refractivity contribution in [3.8, 4) is 0 Å². The van der Waals surface area contributed by atoms with E-state index in [0.717, 1.165) is 27.0 Å². The molecule has 3 rings (SSSR count). The highest BCUT2D eigenvalue weighted by atomic mass is 79.9. The van der Waals surface area contributed by atoms with Gasteiger partial charge >= 0.3 is 0 Å². The number of rotatable bonds is 4. The summed E-state index contributed by atoms with van der Waals surface area (Å²) in [6, 6.07) is 16.0. The molecule has 0 bridgehead atoms. The molecule has 2 aromatic carbocycles. The standard InChI is InChI=1S/C20H20BrN3O/c1-14-11-17(9-10-19(14)21)23(3)20(25)18-12-22-24(15(18)2)13-16-7-5-4-6-8-16/h4-12H,13H2,1-3H3. The molecule has 1 heterocycles. The van der Waals surface area contributed by atoms with E-state index in [1.54, 1.807) is 18.1 Å². The molecular formula is C20H20BrN3O. The molecule has 5 heteroatoms. The molecule has 0 unspecified atom stereocenters. The van der Waals surface area contributed by atoms with E-state index in [2.05, 4.69) is 33.2 Å². The summed E-state index contributed by atoms with van der Waals surface area (Å²) in [5.74, 6) is -0.0569. The van der Waals surface area contributed by atoms with E-state index in [-0.39, 0.29) is 5.91 Å². The maximum atomic E-state index is 12.9. The quantitative estimate of drug-likeness (QED) is 0.645. The van der Waals surface area contributed by atoms with Crippen molar-refractivity contribution in [2.45, 2.75) is 20.4 Å². The molecule has 0 radical (unpaired) electrons. The van der Waals surface area contributed by atoms with Gasteiger partial charge in [0.2, 0.25) is 0 Å². The molecular weight excluding hydrogens is 378 g/mol. The van der Waals surface area contributed by atoms with Gasteiger partial charge in [0.05, 0.1) is 18.3 Å². The Kier molecular flexibility index (Phi) is 5.04. The Balaban J connectivity index is 1.84. The lowest BCUT2D eigenvalue weighted by atomic mass is 10.1. The highest BCUT2D eigenvalue weighted by Gasteiger charge is 2.19. The number of hydrogen-bond acceptors (Lipinski definition) is 2. The van der Waals surface area contributed by atoms with Crippen LogP contribution in [0.3, 0.4) is 0 Å². The molecule has 1 aromatic heterocycles. The average Bonchev–Trinajstić information content (AvgIpc) is 2.97. The molecule has 1 amide bonds. The van der Waals surface area contributed by atoms with E-state index in [4.69, 9.17) is 0 Å². The smallest absolute Gasteiger partial charge is 0.261 e. The first-order chi connectivity index (χ1) is 12.0. The number of anilines is 1. The Morgan fingerprint density at radius 1 is 1.16 bits per heavy atom. The maximum absolute atomic E-state index is 12.9. The van der Waals surface area contributed by atoms with E-state index in [9.17, 15) is 4.79 Å². The van der Waals surface area contributed by atoms with Crippen LogP contribution in [0, 0.1) is 13.8 Å². The number of benzene rings is 2. The number of carbonyl (C=O) groups is 1. The zero-order chi connectivity index (χ0) is 18.0. The summed E-state index contributed by atoms with van der Waals surface area (Å²) in [7, 11) is 1.79. The van der Waals surface area contributed by atoms with Crippen molar-refractivity contribution in [1.29, 1.82) is 0 Å². The predicted octanol–water partition coefficient (Wildman–Crippen LogP) is 4.59. The summed E-state index contributed by atoms with van der Waals surface area (Å²) in [6.07, 6.45) is 1.66. The van der Waals surface area contributed by atoms with Crippen LogP contribution in [0.1, 0.15) is 27.2 Å². The fourth-order valence-electron chi connectivity index (χ4n) is 2.71. The second kappa shape index (κ2) is 7.23. The Bertz CT molecular complexity index is 903. The number of nitrogens with zero attached hydrogens (tertiary/aromatic N) is 3. The lowest BCUT2D eigenvalue weighted by Crippen LogP contribution is -2.26. The lowest BCUT2D eigenvalue weighted by molar-refractivity contribution is 0.0992. The fourth-order valence-corrected chi connectivity index (χ4v) is 2.95. The highest BCUT2D eigenvalue weighted by Crippen LogP contribution is 2.24. The molecule has 0 N–H and O–H groups in total. The predicted molar refractivity (Wildman–Crippen MR) is 104 cm³/mol. The second-order valence-electron chi connectivity index (χ2n) is 6.08. The van der Waals surface area contributed by atoms with Crippen LogP contribution in [0.4, 0.5) is 5.69 Å². The molecule has 0 aliphatic heterocycles. The fraction of sp³-hybridized carbons (Fsp3) is 0.200. The minimum absolute atomic E-state index is 0.0569. The van der Waals surface area contributed by atoms with E-state index in [0.29, 0.717) is 12.1 Å². The van der Waals surface area contributed by atoms with Crippen LogP contribution in [0.25, 0.3) is 0 Å². The lowest BCUT2D eigenvalue weighted by Gasteiger charge is -2.18. The SMILES string of the molecule is Cc1cc(N(C)C(=O)c2cnn(Cc3ccccc3)c2C)ccc1Br. The van der Waals surface area contributed by atoms with Crippen molar-refractivity contribution < 1.29 is 4.79 Å². The molecule has 0 saturated heterocycles. The molecule has 0 fully saturated rings. The van der Waals surface area contributed by atoms with E-state index >= 15 is 0 Å². The zero-order valence-corrected chi connectivity index (χ0v) is 16.1. The number of hydrogen-bond donors (Lipinski definition) is 0. The molecule has 0 saturated carbocycles. The molecule has 4 nitrogen and oxygen atoms in total. The van der Waals surface area contributed by atoms with Crippen LogP contribution in [0.2, 0.25) is 0 Å². The maximum Gasteiger partial charge on any atom is 0.261 e. The minimum atomic E-state index is -0.0569. The average molecular weight is 398 g/mol. The number of amides is 1. The van der Waals surface area contributed by atoms with Gasteiger partial charge < -0.3 is 4.90 Å². The summed E-state index contributed by atoms with van der Waals surface area (Å²) in [5, 5.41) is 4.40. The van der Waals surface area contributed by atoms with Crippen molar-refractivity contribution >= 4 is 27.5 Å². The topological polar surface area (TPSA) is 38.1 Å². The molecule has 25 heavy (non-hydrogen) atoms. The van der Waals surface area contributed by atoms with Crippen LogP contribution in [0.15, 0.2) is 59.2 Å². The third-order valence-electron chi connectivity index (χ3n) is 4.34. The number of aryl methyl sites for hydroxylation is 1. The van der Waals surface area contributed by atoms with Gasteiger partial charge in [-0.25, -0.2) is 0 Å². The zero-order valence-electron chi connectivity index (χ0n) is 14.5. The van der Waals surface area contributed by atoms with Gasteiger partial charge in [0, 0.05) is 22.9 Å². The second-order valence-corrected chi connectivity index (χ2v) is 6.94. The molecule has 0 atom stereocenters. The Morgan fingerprint density at radius 2 is 1.88 bits per heavy atom. The largest absolute Gasteiger partial charge is 0.311 e. The summed E-state index contributed by atoms with van der Waals surface area (Å²) in [5.41, 5.74) is 4.60. The monoisotopic (exact) mass is 397 g/mol.